The molecular weight excluding hydrogens is 453 g/mol. The first kappa shape index (κ1) is 23.8. The van der Waals surface area contributed by atoms with Gasteiger partial charge in [0, 0.05) is 24.5 Å². The molecule has 0 spiro atoms. The average Bonchev–Trinajstić information content (AvgIpc) is 2.84. The number of anilines is 3. The third-order valence-electron chi connectivity index (χ3n) is 5.88. The van der Waals surface area contributed by atoms with Crippen LogP contribution in [0.4, 0.5) is 21.5 Å². The number of carbonyl (C=O) groups is 1. The highest BCUT2D eigenvalue weighted by Gasteiger charge is 2.27. The molecule has 1 aliphatic rings. The summed E-state index contributed by atoms with van der Waals surface area (Å²) in [5.41, 5.74) is 2.81. The monoisotopic (exact) mass is 481 g/mol. The van der Waals surface area contributed by atoms with Crippen LogP contribution in [-0.4, -0.2) is 34.0 Å². The van der Waals surface area contributed by atoms with Crippen molar-refractivity contribution in [3.05, 3.63) is 84.2 Å². The average molecular weight is 482 g/mol. The van der Waals surface area contributed by atoms with Crippen molar-refractivity contribution in [1.29, 1.82) is 0 Å². The van der Waals surface area contributed by atoms with Crippen LogP contribution in [0.3, 0.4) is 0 Å². The van der Waals surface area contributed by atoms with Gasteiger partial charge in [-0.25, -0.2) is 12.8 Å². The molecule has 1 N–H and O–H groups in total. The van der Waals surface area contributed by atoms with Gasteiger partial charge in [-0.05, 0) is 86.8 Å². The van der Waals surface area contributed by atoms with Gasteiger partial charge in [0.2, 0.25) is 5.91 Å². The van der Waals surface area contributed by atoms with Gasteiger partial charge >= 0.3 is 0 Å². The number of nitrogens with one attached hydrogen (secondary N) is 1. The molecule has 0 saturated carbocycles. The zero-order chi connectivity index (χ0) is 24.1. The van der Waals surface area contributed by atoms with Gasteiger partial charge in [-0.2, -0.15) is 0 Å². The van der Waals surface area contributed by atoms with Crippen LogP contribution in [0.1, 0.15) is 24.8 Å². The number of halogens is 1. The lowest BCUT2D eigenvalue weighted by molar-refractivity contribution is -0.114. The van der Waals surface area contributed by atoms with Gasteiger partial charge < -0.3 is 10.2 Å². The van der Waals surface area contributed by atoms with Gasteiger partial charge in [-0.15, -0.1) is 0 Å². The third-order valence-corrected chi connectivity index (χ3v) is 7.67. The fourth-order valence-corrected chi connectivity index (χ4v) is 5.42. The molecule has 0 radical (unpaired) electrons. The summed E-state index contributed by atoms with van der Waals surface area (Å²) in [6, 6.07) is 19.0. The Morgan fingerprint density at radius 1 is 0.912 bits per heavy atom. The minimum absolute atomic E-state index is 0.0566. The first-order valence-corrected chi connectivity index (χ1v) is 12.8. The van der Waals surface area contributed by atoms with E-state index >= 15 is 0 Å². The number of aryl methyl sites for hydroxylation is 1. The topological polar surface area (TPSA) is 69.7 Å². The lowest BCUT2D eigenvalue weighted by Gasteiger charge is -2.29. The van der Waals surface area contributed by atoms with Crippen molar-refractivity contribution in [2.45, 2.75) is 31.1 Å². The quantitative estimate of drug-likeness (QED) is 0.518. The highest BCUT2D eigenvalue weighted by Crippen LogP contribution is 2.25. The van der Waals surface area contributed by atoms with Crippen LogP contribution in [0.5, 0.6) is 0 Å². The summed E-state index contributed by atoms with van der Waals surface area (Å²) in [6.07, 6.45) is 3.60. The van der Waals surface area contributed by atoms with Crippen molar-refractivity contribution in [3.8, 4) is 0 Å². The lowest BCUT2D eigenvalue weighted by Crippen LogP contribution is -2.38. The molecule has 0 unspecified atom stereocenters. The Kier molecular flexibility index (Phi) is 7.17. The maximum absolute atomic E-state index is 13.5. The maximum Gasteiger partial charge on any atom is 0.264 e. The van der Waals surface area contributed by atoms with Gasteiger partial charge in [0.15, 0.2) is 0 Å². The number of hydrogen-bond acceptors (Lipinski definition) is 4. The van der Waals surface area contributed by atoms with E-state index in [4.69, 9.17) is 0 Å². The van der Waals surface area contributed by atoms with Crippen LogP contribution >= 0.6 is 0 Å². The molecule has 0 atom stereocenters. The molecule has 3 aromatic carbocycles. The molecule has 1 fully saturated rings. The van der Waals surface area contributed by atoms with Gasteiger partial charge in [0.1, 0.15) is 12.4 Å². The minimum atomic E-state index is -4.05. The molecule has 1 heterocycles. The first-order chi connectivity index (χ1) is 16.3. The SMILES string of the molecule is Cc1ccc(S(=O)(=O)N(CC(=O)Nc2ccc(N3CCCCC3)cc2)c2ccc(F)cc2)cc1. The van der Waals surface area contributed by atoms with Crippen LogP contribution in [-0.2, 0) is 14.8 Å². The van der Waals surface area contributed by atoms with Gasteiger partial charge in [0.05, 0.1) is 10.6 Å². The standard InChI is InChI=1S/C26H28FN3O3S/c1-20-5-15-25(16-6-20)34(32,33)30(24-11-7-21(27)8-12-24)19-26(31)28-22-9-13-23(14-10-22)29-17-3-2-4-18-29/h5-16H,2-4,17-19H2,1H3,(H,28,31). The third kappa shape index (κ3) is 5.56. The number of hydrogen-bond donors (Lipinski definition) is 1. The van der Waals surface area contributed by atoms with Crippen LogP contribution < -0.4 is 14.5 Å². The second-order valence-corrected chi connectivity index (χ2v) is 10.3. The molecule has 1 saturated heterocycles. The largest absolute Gasteiger partial charge is 0.372 e. The highest BCUT2D eigenvalue weighted by molar-refractivity contribution is 7.92. The number of amides is 1. The van der Waals surface area contributed by atoms with E-state index < -0.39 is 28.3 Å². The maximum atomic E-state index is 13.5. The van der Waals surface area contributed by atoms with E-state index in [-0.39, 0.29) is 10.6 Å². The first-order valence-electron chi connectivity index (χ1n) is 11.3. The van der Waals surface area contributed by atoms with E-state index in [0.29, 0.717) is 5.69 Å². The molecule has 0 aromatic heterocycles. The Hall–Kier alpha value is -3.39. The van der Waals surface area contributed by atoms with E-state index in [0.717, 1.165) is 28.6 Å². The second-order valence-electron chi connectivity index (χ2n) is 8.44. The summed E-state index contributed by atoms with van der Waals surface area (Å²) in [5.74, 6) is -0.986. The lowest BCUT2D eigenvalue weighted by atomic mass is 10.1. The molecule has 4 rings (SSSR count). The summed E-state index contributed by atoms with van der Waals surface area (Å²) in [7, 11) is -4.05. The number of nitrogens with zero attached hydrogens (tertiary/aromatic N) is 2. The summed E-state index contributed by atoms with van der Waals surface area (Å²) < 4.78 is 41.2. The van der Waals surface area contributed by atoms with Gasteiger partial charge in [0.25, 0.3) is 10.0 Å². The molecule has 6 nitrogen and oxygen atoms in total. The molecular formula is C26H28FN3O3S. The molecule has 1 aliphatic heterocycles. The molecule has 0 aliphatic carbocycles. The summed E-state index contributed by atoms with van der Waals surface area (Å²) in [4.78, 5) is 15.3. The van der Waals surface area contributed by atoms with Crippen molar-refractivity contribution in [2.75, 3.05) is 34.2 Å². The normalized spacial score (nSPS) is 14.0. The minimum Gasteiger partial charge on any atom is -0.372 e. The molecule has 34 heavy (non-hydrogen) atoms. The van der Waals surface area contributed by atoms with E-state index in [1.54, 1.807) is 12.1 Å². The fourth-order valence-electron chi connectivity index (χ4n) is 4.00. The van der Waals surface area contributed by atoms with Gasteiger partial charge in [-0.3, -0.25) is 9.10 Å². The number of piperidine rings is 1. The van der Waals surface area contributed by atoms with Crippen molar-refractivity contribution in [3.63, 3.8) is 0 Å². The number of carbonyl (C=O) groups excluding carboxylic acids is 1. The molecule has 0 bridgehead atoms. The van der Waals surface area contributed by atoms with Crippen LogP contribution in [0.2, 0.25) is 0 Å². The van der Waals surface area contributed by atoms with Gasteiger partial charge in [-0.1, -0.05) is 17.7 Å². The van der Waals surface area contributed by atoms with Crippen LogP contribution in [0.15, 0.2) is 77.7 Å². The Labute approximate surface area is 200 Å². The highest BCUT2D eigenvalue weighted by atomic mass is 32.2. The Bertz CT molecular complexity index is 1220. The second kappa shape index (κ2) is 10.3. The number of sulfonamides is 1. The van der Waals surface area contributed by atoms with Crippen LogP contribution in [0.25, 0.3) is 0 Å². The summed E-state index contributed by atoms with van der Waals surface area (Å²) in [6.45, 7) is 3.46. The van der Waals surface area contributed by atoms with E-state index in [1.165, 1.54) is 55.7 Å². The Balaban J connectivity index is 1.53. The Morgan fingerprint density at radius 3 is 2.15 bits per heavy atom. The molecule has 178 valence electrons. The summed E-state index contributed by atoms with van der Waals surface area (Å²) in [5, 5.41) is 2.78. The smallest absolute Gasteiger partial charge is 0.264 e. The molecule has 3 aromatic rings. The fraction of sp³-hybridized carbons (Fsp3) is 0.269. The molecule has 1 amide bonds. The van der Waals surface area contributed by atoms with Crippen molar-refractivity contribution in [2.24, 2.45) is 0 Å². The van der Waals surface area contributed by atoms with Crippen molar-refractivity contribution < 1.29 is 17.6 Å². The molecule has 8 heteroatoms. The van der Waals surface area contributed by atoms with E-state index in [1.807, 2.05) is 31.2 Å². The van der Waals surface area contributed by atoms with Crippen molar-refractivity contribution >= 4 is 33.0 Å². The van der Waals surface area contributed by atoms with Crippen molar-refractivity contribution in [1.82, 2.24) is 0 Å². The predicted octanol–water partition coefficient (Wildman–Crippen LogP) is 4.96. The number of benzene rings is 3. The predicted molar refractivity (Wildman–Crippen MR) is 133 cm³/mol. The summed E-state index contributed by atoms with van der Waals surface area (Å²) >= 11 is 0. The van der Waals surface area contributed by atoms with Crippen LogP contribution in [0, 0.1) is 12.7 Å². The number of rotatable bonds is 7. The van der Waals surface area contributed by atoms with E-state index in [9.17, 15) is 17.6 Å². The zero-order valence-electron chi connectivity index (χ0n) is 19.1. The zero-order valence-corrected chi connectivity index (χ0v) is 19.9. The Morgan fingerprint density at radius 2 is 1.53 bits per heavy atom. The van der Waals surface area contributed by atoms with E-state index in [2.05, 4.69) is 10.2 Å².